The highest BCUT2D eigenvalue weighted by atomic mass is 16.3. The summed E-state index contributed by atoms with van der Waals surface area (Å²) in [6.45, 7) is 2.55. The molecule has 3 heteroatoms. The third-order valence-corrected chi connectivity index (χ3v) is 2.73. The molecule has 0 unspecified atom stereocenters. The summed E-state index contributed by atoms with van der Waals surface area (Å²) in [5.41, 5.74) is 3.54. The molecule has 0 bridgehead atoms. The second kappa shape index (κ2) is 5.24. The molecular weight excluding hydrogens is 224 g/mol. The van der Waals surface area contributed by atoms with Gasteiger partial charge in [-0.3, -0.25) is 0 Å². The highest BCUT2D eigenvalue weighted by molar-refractivity contribution is 5.48. The van der Waals surface area contributed by atoms with Crippen LogP contribution in [-0.2, 0) is 6.54 Å². The van der Waals surface area contributed by atoms with Gasteiger partial charge in [0.1, 0.15) is 5.75 Å². The van der Waals surface area contributed by atoms with Gasteiger partial charge in [-0.2, -0.15) is 5.26 Å². The van der Waals surface area contributed by atoms with E-state index >= 15 is 0 Å². The van der Waals surface area contributed by atoms with Gasteiger partial charge in [-0.15, -0.1) is 0 Å². The van der Waals surface area contributed by atoms with Gasteiger partial charge in [0.25, 0.3) is 0 Å². The lowest BCUT2D eigenvalue weighted by molar-refractivity contribution is 0.469. The maximum absolute atomic E-state index is 9.71. The van der Waals surface area contributed by atoms with Gasteiger partial charge in [0.05, 0.1) is 11.6 Å². The average Bonchev–Trinajstić information content (AvgIpc) is 2.40. The fourth-order valence-corrected chi connectivity index (χ4v) is 1.72. The molecule has 2 aromatic rings. The van der Waals surface area contributed by atoms with Crippen molar-refractivity contribution in [1.29, 1.82) is 5.26 Å². The van der Waals surface area contributed by atoms with Gasteiger partial charge in [-0.25, -0.2) is 0 Å². The summed E-state index contributed by atoms with van der Waals surface area (Å²) in [7, 11) is 0. The van der Waals surface area contributed by atoms with Gasteiger partial charge in [-0.1, -0.05) is 17.7 Å². The number of hydrogen-bond acceptors (Lipinski definition) is 3. The van der Waals surface area contributed by atoms with E-state index in [1.54, 1.807) is 18.2 Å². The first-order valence-electron chi connectivity index (χ1n) is 5.71. The van der Waals surface area contributed by atoms with Crippen LogP contribution in [-0.4, -0.2) is 5.11 Å². The number of nitrogens with zero attached hydrogens (tertiary/aromatic N) is 1. The Morgan fingerprint density at radius 3 is 2.56 bits per heavy atom. The number of hydrogen-bond donors (Lipinski definition) is 2. The normalized spacial score (nSPS) is 9.78. The molecule has 0 fully saturated rings. The Bertz CT molecular complexity index is 582. The summed E-state index contributed by atoms with van der Waals surface area (Å²) in [4.78, 5) is 0. The van der Waals surface area contributed by atoms with Crippen molar-refractivity contribution in [2.45, 2.75) is 13.5 Å². The topological polar surface area (TPSA) is 56.0 Å². The largest absolute Gasteiger partial charge is 0.508 e. The monoisotopic (exact) mass is 238 g/mol. The molecule has 0 aliphatic carbocycles. The van der Waals surface area contributed by atoms with Crippen LogP contribution in [0.5, 0.6) is 5.75 Å². The third-order valence-electron chi connectivity index (χ3n) is 2.73. The molecule has 2 rings (SSSR count). The van der Waals surface area contributed by atoms with Crippen molar-refractivity contribution < 1.29 is 5.11 Å². The first-order chi connectivity index (χ1) is 8.69. The van der Waals surface area contributed by atoms with Crippen molar-refractivity contribution >= 4 is 5.69 Å². The molecule has 0 radical (unpaired) electrons. The molecule has 0 aromatic heterocycles. The quantitative estimate of drug-likeness (QED) is 0.863. The number of nitriles is 1. The predicted octanol–water partition coefficient (Wildman–Crippen LogP) is 3.18. The third kappa shape index (κ3) is 2.80. The van der Waals surface area contributed by atoms with Crippen LogP contribution >= 0.6 is 0 Å². The standard InChI is InChI=1S/C15H14N2O/c1-11-2-7-15(18)13(8-11)10-17-14-5-3-12(9-16)4-6-14/h2-8,17-18H,10H2,1H3. The van der Waals surface area contributed by atoms with Crippen LogP contribution < -0.4 is 5.32 Å². The van der Waals surface area contributed by atoms with Crippen molar-refractivity contribution in [3.8, 4) is 11.8 Å². The molecule has 0 heterocycles. The molecule has 18 heavy (non-hydrogen) atoms. The Kier molecular flexibility index (Phi) is 3.49. The smallest absolute Gasteiger partial charge is 0.120 e. The van der Waals surface area contributed by atoms with Gasteiger partial charge in [0, 0.05) is 17.8 Å². The second-order valence-electron chi connectivity index (χ2n) is 4.17. The maximum atomic E-state index is 9.71. The van der Waals surface area contributed by atoms with E-state index in [2.05, 4.69) is 11.4 Å². The Balaban J connectivity index is 2.07. The second-order valence-corrected chi connectivity index (χ2v) is 4.17. The molecule has 0 atom stereocenters. The lowest BCUT2D eigenvalue weighted by atomic mass is 10.1. The van der Waals surface area contributed by atoms with E-state index in [1.807, 2.05) is 31.2 Å². The van der Waals surface area contributed by atoms with Crippen LogP contribution in [0.15, 0.2) is 42.5 Å². The Morgan fingerprint density at radius 2 is 1.89 bits per heavy atom. The summed E-state index contributed by atoms with van der Waals surface area (Å²) in [6, 6.07) is 14.8. The predicted molar refractivity (Wildman–Crippen MR) is 71.3 cm³/mol. The highest BCUT2D eigenvalue weighted by Gasteiger charge is 2.01. The summed E-state index contributed by atoms with van der Waals surface area (Å²) < 4.78 is 0. The molecule has 0 saturated heterocycles. The number of benzene rings is 2. The van der Waals surface area contributed by atoms with Gasteiger partial charge < -0.3 is 10.4 Å². The molecule has 0 spiro atoms. The number of nitrogens with one attached hydrogen (secondary N) is 1. The molecule has 0 amide bonds. The molecule has 0 aliphatic rings. The van der Waals surface area contributed by atoms with Crippen molar-refractivity contribution in [3.63, 3.8) is 0 Å². The SMILES string of the molecule is Cc1ccc(O)c(CNc2ccc(C#N)cc2)c1. The zero-order valence-electron chi connectivity index (χ0n) is 10.1. The van der Waals surface area contributed by atoms with Crippen molar-refractivity contribution in [2.24, 2.45) is 0 Å². The molecule has 0 aliphatic heterocycles. The van der Waals surface area contributed by atoms with Crippen LogP contribution in [0.4, 0.5) is 5.69 Å². The summed E-state index contributed by atoms with van der Waals surface area (Å²) >= 11 is 0. The molecular formula is C15H14N2O. The number of anilines is 1. The number of aromatic hydroxyl groups is 1. The van der Waals surface area contributed by atoms with E-state index in [9.17, 15) is 5.11 Å². The summed E-state index contributed by atoms with van der Waals surface area (Å²) in [5, 5.41) is 21.6. The van der Waals surface area contributed by atoms with Gasteiger partial charge >= 0.3 is 0 Å². The lowest BCUT2D eigenvalue weighted by Gasteiger charge is -2.09. The van der Waals surface area contributed by atoms with Crippen LogP contribution in [0.1, 0.15) is 16.7 Å². The zero-order chi connectivity index (χ0) is 13.0. The molecule has 3 nitrogen and oxygen atoms in total. The van der Waals surface area contributed by atoms with E-state index in [4.69, 9.17) is 5.26 Å². The Hall–Kier alpha value is -2.47. The van der Waals surface area contributed by atoms with E-state index < -0.39 is 0 Å². The van der Waals surface area contributed by atoms with Crippen molar-refractivity contribution in [2.75, 3.05) is 5.32 Å². The minimum Gasteiger partial charge on any atom is -0.508 e. The molecule has 0 saturated carbocycles. The highest BCUT2D eigenvalue weighted by Crippen LogP contribution is 2.19. The first-order valence-corrected chi connectivity index (χ1v) is 5.71. The zero-order valence-corrected chi connectivity index (χ0v) is 10.1. The lowest BCUT2D eigenvalue weighted by Crippen LogP contribution is -2.00. The molecule has 90 valence electrons. The van der Waals surface area contributed by atoms with Crippen molar-refractivity contribution in [1.82, 2.24) is 0 Å². The van der Waals surface area contributed by atoms with E-state index in [0.717, 1.165) is 16.8 Å². The fourth-order valence-electron chi connectivity index (χ4n) is 1.72. The van der Waals surface area contributed by atoms with Gasteiger partial charge in [0.2, 0.25) is 0 Å². The van der Waals surface area contributed by atoms with E-state index in [-0.39, 0.29) is 0 Å². The number of phenols is 1. The first kappa shape index (κ1) is 12.0. The minimum atomic E-state index is 0.293. The molecule has 2 aromatic carbocycles. The van der Waals surface area contributed by atoms with Gasteiger partial charge in [-0.05, 0) is 37.3 Å². The maximum Gasteiger partial charge on any atom is 0.120 e. The fraction of sp³-hybridized carbons (Fsp3) is 0.133. The Labute approximate surface area is 106 Å². The van der Waals surface area contributed by atoms with Crippen LogP contribution in [0.2, 0.25) is 0 Å². The summed E-state index contributed by atoms with van der Waals surface area (Å²) in [5.74, 6) is 0.293. The van der Waals surface area contributed by atoms with E-state index in [0.29, 0.717) is 17.9 Å². The van der Waals surface area contributed by atoms with Gasteiger partial charge in [0.15, 0.2) is 0 Å². The average molecular weight is 238 g/mol. The van der Waals surface area contributed by atoms with Crippen LogP contribution in [0.25, 0.3) is 0 Å². The molecule has 2 N–H and O–H groups in total. The van der Waals surface area contributed by atoms with Crippen LogP contribution in [0.3, 0.4) is 0 Å². The van der Waals surface area contributed by atoms with E-state index in [1.165, 1.54) is 0 Å². The number of aryl methyl sites for hydroxylation is 1. The Morgan fingerprint density at radius 1 is 1.17 bits per heavy atom. The van der Waals surface area contributed by atoms with Crippen molar-refractivity contribution in [3.05, 3.63) is 59.2 Å². The van der Waals surface area contributed by atoms with Crippen LogP contribution in [0, 0.1) is 18.3 Å². The summed E-state index contributed by atoms with van der Waals surface area (Å²) in [6.07, 6.45) is 0. The minimum absolute atomic E-state index is 0.293. The number of rotatable bonds is 3. The number of phenolic OH excluding ortho intramolecular Hbond substituents is 1.